The molecule has 0 bridgehead atoms. The fourth-order valence-electron chi connectivity index (χ4n) is 6.65. The molecule has 0 radical (unpaired) electrons. The van der Waals surface area contributed by atoms with Gasteiger partial charge >= 0.3 is 5.97 Å². The van der Waals surface area contributed by atoms with Crippen molar-refractivity contribution in [2.75, 3.05) is 42.7 Å². The summed E-state index contributed by atoms with van der Waals surface area (Å²) in [4.78, 5) is 26.9. The summed E-state index contributed by atoms with van der Waals surface area (Å²) in [5.41, 5.74) is 3.46. The molecule has 4 aromatic heterocycles. The van der Waals surface area contributed by atoms with Crippen molar-refractivity contribution in [3.63, 3.8) is 0 Å². The van der Waals surface area contributed by atoms with E-state index in [1.807, 2.05) is 76.2 Å². The van der Waals surface area contributed by atoms with Crippen LogP contribution in [0.5, 0.6) is 0 Å². The van der Waals surface area contributed by atoms with E-state index in [2.05, 4.69) is 19.8 Å². The van der Waals surface area contributed by atoms with Crippen molar-refractivity contribution in [3.8, 4) is 11.4 Å². The van der Waals surface area contributed by atoms with Gasteiger partial charge in [0.2, 0.25) is 0 Å². The van der Waals surface area contributed by atoms with Gasteiger partial charge in [0.25, 0.3) is 0 Å². The van der Waals surface area contributed by atoms with Crippen LogP contribution in [-0.4, -0.2) is 80.5 Å². The number of pyridine rings is 2. The van der Waals surface area contributed by atoms with Crippen LogP contribution in [0.3, 0.4) is 0 Å². The molecule has 0 amide bonds. The van der Waals surface area contributed by atoms with Gasteiger partial charge in [0.1, 0.15) is 12.6 Å². The fraction of sp³-hybridized carbons (Fsp3) is 0.286. The lowest BCUT2D eigenvalue weighted by atomic mass is 10.0. The Bertz CT molecular complexity index is 2080. The summed E-state index contributed by atoms with van der Waals surface area (Å²) in [6, 6.07) is 18.3. The quantitative estimate of drug-likeness (QED) is 0.180. The van der Waals surface area contributed by atoms with Crippen molar-refractivity contribution in [2.45, 2.75) is 31.3 Å². The van der Waals surface area contributed by atoms with E-state index in [1.165, 1.54) is 0 Å². The number of morpholine rings is 1. The summed E-state index contributed by atoms with van der Waals surface area (Å²) in [6.07, 6.45) is 9.67. The minimum atomic E-state index is -0.474. The third kappa shape index (κ3) is 5.72. The molecule has 8 rings (SSSR count). The highest BCUT2D eigenvalue weighted by atomic mass is 35.5. The molecule has 2 saturated heterocycles. The van der Waals surface area contributed by atoms with Crippen molar-refractivity contribution in [1.82, 2.24) is 29.5 Å². The van der Waals surface area contributed by atoms with Gasteiger partial charge in [-0.25, -0.2) is 14.2 Å². The lowest BCUT2D eigenvalue weighted by Gasteiger charge is -2.37. The lowest BCUT2D eigenvalue weighted by molar-refractivity contribution is -0.147. The number of anilines is 2. The maximum atomic E-state index is 13.9. The topological polar surface area (TPSA) is 103 Å². The van der Waals surface area contributed by atoms with Crippen LogP contribution >= 0.6 is 23.2 Å². The average molecular weight is 684 g/mol. The Kier molecular flexibility index (Phi) is 8.33. The molecule has 13 heteroatoms. The largest absolute Gasteiger partial charge is 0.462 e. The fourth-order valence-corrected chi connectivity index (χ4v) is 6.90. The molecule has 48 heavy (non-hydrogen) atoms. The standard InChI is InChI=1S/C35H32Cl2N8O3/c36-23-4-8-25(9-5-23)44-31-19-38-14-12-28(31)33(40-44)42-17-18-47-21-27(42)22-48-35(46)30-3-1-2-16-43(30)34-29-13-15-39-20-32(29)45(41-34)26-10-6-24(37)7-11-26/h4-15,19-20,27,30H,1-3,16-18,21-22H2/t27-,30?/m1/s1. The van der Waals surface area contributed by atoms with Crippen LogP contribution in [0.25, 0.3) is 33.2 Å². The van der Waals surface area contributed by atoms with Crippen molar-refractivity contribution < 1.29 is 14.3 Å². The zero-order valence-electron chi connectivity index (χ0n) is 26.0. The summed E-state index contributed by atoms with van der Waals surface area (Å²) >= 11 is 12.3. The molecular formula is C35H32Cl2N8O3. The van der Waals surface area contributed by atoms with Crippen LogP contribution in [0.15, 0.2) is 85.5 Å². The first-order valence-corrected chi connectivity index (χ1v) is 16.8. The van der Waals surface area contributed by atoms with Crippen molar-refractivity contribution in [1.29, 1.82) is 0 Å². The van der Waals surface area contributed by atoms with Crippen molar-refractivity contribution in [2.24, 2.45) is 0 Å². The third-order valence-corrected chi connectivity index (χ3v) is 9.54. The maximum absolute atomic E-state index is 13.9. The molecule has 2 aromatic carbocycles. The van der Waals surface area contributed by atoms with Crippen LogP contribution in [0.4, 0.5) is 11.6 Å². The Morgan fingerprint density at radius 3 is 1.96 bits per heavy atom. The SMILES string of the molecule is O=C(OC[C@H]1COCCN1c1nn(-c2ccc(Cl)cc2)c2cnccc12)C1CCCCN1c1nn(-c2ccc(Cl)cc2)c2cnccc12. The molecule has 244 valence electrons. The van der Waals surface area contributed by atoms with Gasteiger partial charge in [-0.3, -0.25) is 9.97 Å². The molecule has 1 unspecified atom stereocenters. The van der Waals surface area contributed by atoms with Gasteiger partial charge in [0.15, 0.2) is 11.6 Å². The molecule has 0 spiro atoms. The molecule has 2 aliphatic rings. The molecule has 6 aromatic rings. The summed E-state index contributed by atoms with van der Waals surface area (Å²) in [6.45, 7) is 2.41. The Hall–Kier alpha value is -4.71. The predicted molar refractivity (Wildman–Crippen MR) is 186 cm³/mol. The number of benzene rings is 2. The third-order valence-electron chi connectivity index (χ3n) is 9.03. The van der Waals surface area contributed by atoms with Gasteiger partial charge in [-0.2, -0.15) is 0 Å². The first kappa shape index (κ1) is 30.6. The van der Waals surface area contributed by atoms with Gasteiger partial charge in [0.05, 0.1) is 54.1 Å². The number of rotatable bonds is 7. The highest BCUT2D eigenvalue weighted by Gasteiger charge is 2.35. The number of esters is 1. The second-order valence-corrected chi connectivity index (χ2v) is 12.8. The number of nitrogens with zero attached hydrogens (tertiary/aromatic N) is 8. The zero-order valence-corrected chi connectivity index (χ0v) is 27.5. The van der Waals surface area contributed by atoms with Crippen LogP contribution in [0.1, 0.15) is 19.3 Å². The number of piperidine rings is 1. The summed E-state index contributed by atoms with van der Waals surface area (Å²) < 4.78 is 15.7. The molecule has 0 N–H and O–H groups in total. The lowest BCUT2D eigenvalue weighted by Crippen LogP contribution is -2.51. The molecule has 0 saturated carbocycles. The average Bonchev–Trinajstić information content (AvgIpc) is 3.71. The van der Waals surface area contributed by atoms with E-state index < -0.39 is 6.04 Å². The van der Waals surface area contributed by atoms with Crippen molar-refractivity contribution >= 4 is 62.6 Å². The van der Waals surface area contributed by atoms with E-state index >= 15 is 0 Å². The molecule has 11 nitrogen and oxygen atoms in total. The Balaban J connectivity index is 1.05. The smallest absolute Gasteiger partial charge is 0.328 e. The van der Waals surface area contributed by atoms with Crippen LogP contribution in [0, 0.1) is 0 Å². The van der Waals surface area contributed by atoms with Crippen molar-refractivity contribution in [3.05, 3.63) is 95.5 Å². The highest BCUT2D eigenvalue weighted by molar-refractivity contribution is 6.30. The highest BCUT2D eigenvalue weighted by Crippen LogP contribution is 2.34. The zero-order chi connectivity index (χ0) is 32.6. The summed E-state index contributed by atoms with van der Waals surface area (Å²) in [5.74, 6) is 1.25. The molecule has 6 heterocycles. The normalized spacial score (nSPS) is 18.5. The summed E-state index contributed by atoms with van der Waals surface area (Å²) in [7, 11) is 0. The van der Waals surface area contributed by atoms with E-state index in [9.17, 15) is 4.79 Å². The Morgan fingerprint density at radius 2 is 1.35 bits per heavy atom. The predicted octanol–water partition coefficient (Wildman–Crippen LogP) is 6.27. The Morgan fingerprint density at radius 1 is 0.771 bits per heavy atom. The first-order chi connectivity index (χ1) is 23.5. The number of halogens is 2. The van der Waals surface area contributed by atoms with E-state index in [0.717, 1.165) is 57.7 Å². The van der Waals surface area contributed by atoms with Gasteiger partial charge in [0, 0.05) is 46.3 Å². The number of ether oxygens (including phenoxy) is 2. The van der Waals surface area contributed by atoms with E-state index in [-0.39, 0.29) is 18.6 Å². The van der Waals surface area contributed by atoms with Gasteiger partial charge in [-0.1, -0.05) is 23.2 Å². The van der Waals surface area contributed by atoms with Crippen LogP contribution < -0.4 is 9.80 Å². The van der Waals surface area contributed by atoms with Gasteiger partial charge in [-0.05, 0) is 79.9 Å². The molecule has 2 atom stereocenters. The van der Waals surface area contributed by atoms with E-state index in [4.69, 9.17) is 42.9 Å². The second-order valence-electron chi connectivity index (χ2n) is 12.0. The van der Waals surface area contributed by atoms with E-state index in [0.29, 0.717) is 42.8 Å². The number of carbonyl (C=O) groups is 1. The monoisotopic (exact) mass is 682 g/mol. The first-order valence-electron chi connectivity index (χ1n) is 16.0. The molecule has 2 fully saturated rings. The van der Waals surface area contributed by atoms with E-state index in [1.54, 1.807) is 18.6 Å². The maximum Gasteiger partial charge on any atom is 0.328 e. The second kappa shape index (κ2) is 13.1. The molecule has 2 aliphatic heterocycles. The van der Waals surface area contributed by atoms with Gasteiger partial charge in [-0.15, -0.1) is 10.2 Å². The molecule has 0 aliphatic carbocycles. The minimum Gasteiger partial charge on any atom is -0.462 e. The summed E-state index contributed by atoms with van der Waals surface area (Å²) in [5, 5.41) is 13.2. The van der Waals surface area contributed by atoms with Crippen LogP contribution in [0.2, 0.25) is 10.0 Å². The van der Waals surface area contributed by atoms with Crippen LogP contribution in [-0.2, 0) is 14.3 Å². The number of aromatic nitrogens is 6. The number of carbonyl (C=O) groups excluding carboxylic acids is 1. The molecular weight excluding hydrogens is 651 g/mol. The minimum absolute atomic E-state index is 0.160. The number of hydrogen-bond donors (Lipinski definition) is 0. The number of hydrogen-bond acceptors (Lipinski definition) is 9. The van der Waals surface area contributed by atoms with Gasteiger partial charge < -0.3 is 19.3 Å². The number of fused-ring (bicyclic) bond motifs is 2. The Labute approximate surface area is 286 Å².